The molecule has 4 rings (SSSR count). The molecule has 2 aromatic carbocycles. The van der Waals surface area contributed by atoms with E-state index in [-0.39, 0.29) is 0 Å². The highest BCUT2D eigenvalue weighted by Crippen LogP contribution is 2.41. The summed E-state index contributed by atoms with van der Waals surface area (Å²) in [4.78, 5) is 7.60. The molecular formula is C28H37ClN2O. The molecule has 0 amide bonds. The highest BCUT2D eigenvalue weighted by atomic mass is 35.5. The van der Waals surface area contributed by atoms with Crippen molar-refractivity contribution < 1.29 is 4.74 Å². The summed E-state index contributed by atoms with van der Waals surface area (Å²) in [6.45, 7) is 7.63. The Morgan fingerprint density at radius 2 is 1.81 bits per heavy atom. The van der Waals surface area contributed by atoms with Gasteiger partial charge in [0.05, 0.1) is 11.4 Å². The average molecular weight is 453 g/mol. The van der Waals surface area contributed by atoms with Crippen LogP contribution in [0.4, 0.5) is 5.69 Å². The van der Waals surface area contributed by atoms with Crippen LogP contribution >= 0.6 is 11.6 Å². The van der Waals surface area contributed by atoms with Gasteiger partial charge in [-0.05, 0) is 106 Å². The number of aryl methyl sites for hydroxylation is 1. The number of rotatable bonds is 7. The third-order valence-electron chi connectivity index (χ3n) is 7.48. The van der Waals surface area contributed by atoms with Crippen LogP contribution in [-0.4, -0.2) is 37.4 Å². The van der Waals surface area contributed by atoms with Crippen molar-refractivity contribution in [2.75, 3.05) is 26.7 Å². The molecule has 3 nitrogen and oxygen atoms in total. The summed E-state index contributed by atoms with van der Waals surface area (Å²) >= 11 is 6.02. The molecule has 2 aliphatic rings. The zero-order valence-corrected chi connectivity index (χ0v) is 20.6. The minimum Gasteiger partial charge on any atom is -0.488 e. The van der Waals surface area contributed by atoms with Gasteiger partial charge in [0.1, 0.15) is 12.4 Å². The van der Waals surface area contributed by atoms with E-state index in [2.05, 4.69) is 44.0 Å². The smallest absolute Gasteiger partial charge is 0.126 e. The van der Waals surface area contributed by atoms with E-state index in [0.717, 1.165) is 34.5 Å². The standard InChI is InChI=1S/C28H37ClN2O/c1-20-6-4-9-27-21(2)23(8-5-7-22-14-16-31(3)17-15-22)18-25(30-28(20)27)19-32-26-12-10-24(29)11-13-26/h4,6,9-13,21-23H,5,7-8,14-19H2,1-3H3/t21-,23?/m0/s1. The number of hydrogen-bond acceptors (Lipinski definition) is 3. The predicted octanol–water partition coefficient (Wildman–Crippen LogP) is 7.44. The molecule has 1 saturated heterocycles. The molecule has 0 N–H and O–H groups in total. The summed E-state index contributed by atoms with van der Waals surface area (Å²) in [5.41, 5.74) is 4.97. The number of aliphatic imine (C=N–C) groups is 1. The summed E-state index contributed by atoms with van der Waals surface area (Å²) in [5, 5.41) is 0.729. The van der Waals surface area contributed by atoms with Gasteiger partial charge in [0.15, 0.2) is 0 Å². The number of nitrogens with zero attached hydrogens (tertiary/aromatic N) is 2. The monoisotopic (exact) mass is 452 g/mol. The van der Waals surface area contributed by atoms with Crippen molar-refractivity contribution in [2.24, 2.45) is 16.8 Å². The first kappa shape index (κ1) is 23.3. The van der Waals surface area contributed by atoms with Crippen LogP contribution in [0.1, 0.15) is 62.5 Å². The number of piperidine rings is 1. The number of hydrogen-bond donors (Lipinski definition) is 0. The van der Waals surface area contributed by atoms with E-state index in [1.165, 1.54) is 56.3 Å². The summed E-state index contributed by atoms with van der Waals surface area (Å²) in [6.07, 6.45) is 7.68. The van der Waals surface area contributed by atoms with Gasteiger partial charge in [0, 0.05) is 5.02 Å². The highest BCUT2D eigenvalue weighted by Gasteiger charge is 2.27. The Hall–Kier alpha value is -1.84. The van der Waals surface area contributed by atoms with Crippen molar-refractivity contribution in [3.8, 4) is 5.75 Å². The molecule has 0 radical (unpaired) electrons. The normalized spacial score (nSPS) is 22.2. The molecule has 0 aliphatic carbocycles. The van der Waals surface area contributed by atoms with Crippen LogP contribution in [-0.2, 0) is 0 Å². The van der Waals surface area contributed by atoms with Crippen LogP contribution in [0.25, 0.3) is 0 Å². The number of benzene rings is 2. The van der Waals surface area contributed by atoms with Gasteiger partial charge in [0.2, 0.25) is 0 Å². The first-order chi connectivity index (χ1) is 15.5. The Morgan fingerprint density at radius 3 is 2.56 bits per heavy atom. The number of likely N-dealkylation sites (tertiary alicyclic amines) is 1. The van der Waals surface area contributed by atoms with E-state index in [1.54, 1.807) is 0 Å². The van der Waals surface area contributed by atoms with Gasteiger partial charge in [-0.3, -0.25) is 4.99 Å². The van der Waals surface area contributed by atoms with Gasteiger partial charge in [-0.2, -0.15) is 0 Å². The highest BCUT2D eigenvalue weighted by molar-refractivity contribution is 6.30. The molecule has 2 atom stereocenters. The van der Waals surface area contributed by atoms with Crippen LogP contribution < -0.4 is 4.74 Å². The molecule has 2 aliphatic heterocycles. The SMILES string of the molecule is Cc1cccc2c1N=C(COc1ccc(Cl)cc1)CC(CCCC1CCN(C)CC1)[C@@H]2C. The summed E-state index contributed by atoms with van der Waals surface area (Å²) in [6, 6.07) is 14.3. The van der Waals surface area contributed by atoms with Crippen molar-refractivity contribution in [1.82, 2.24) is 4.90 Å². The minimum absolute atomic E-state index is 0.513. The molecule has 32 heavy (non-hydrogen) atoms. The van der Waals surface area contributed by atoms with Crippen molar-refractivity contribution in [3.05, 3.63) is 58.6 Å². The third kappa shape index (κ3) is 5.94. The van der Waals surface area contributed by atoms with Crippen LogP contribution in [0.3, 0.4) is 0 Å². The van der Waals surface area contributed by atoms with Crippen molar-refractivity contribution in [2.45, 2.75) is 58.3 Å². The summed E-state index contributed by atoms with van der Waals surface area (Å²) in [5.74, 6) is 2.87. The topological polar surface area (TPSA) is 24.8 Å². The van der Waals surface area contributed by atoms with Crippen LogP contribution in [0, 0.1) is 18.8 Å². The fourth-order valence-electron chi connectivity index (χ4n) is 5.30. The molecule has 1 unspecified atom stereocenters. The molecular weight excluding hydrogens is 416 g/mol. The van der Waals surface area contributed by atoms with Crippen LogP contribution in [0.5, 0.6) is 5.75 Å². The number of halogens is 1. The third-order valence-corrected chi connectivity index (χ3v) is 7.73. The van der Waals surface area contributed by atoms with E-state index >= 15 is 0 Å². The lowest BCUT2D eigenvalue weighted by molar-refractivity contribution is 0.207. The molecule has 0 spiro atoms. The van der Waals surface area contributed by atoms with E-state index in [9.17, 15) is 0 Å². The van der Waals surface area contributed by atoms with Crippen molar-refractivity contribution in [3.63, 3.8) is 0 Å². The van der Waals surface area contributed by atoms with E-state index in [0.29, 0.717) is 18.4 Å². The van der Waals surface area contributed by atoms with E-state index in [1.807, 2.05) is 24.3 Å². The molecule has 4 heteroatoms. The Balaban J connectivity index is 1.44. The largest absolute Gasteiger partial charge is 0.488 e. The molecule has 0 bridgehead atoms. The van der Waals surface area contributed by atoms with Crippen molar-refractivity contribution >= 4 is 23.0 Å². The number of fused-ring (bicyclic) bond motifs is 1. The Labute approximate surface area is 198 Å². The maximum atomic E-state index is 6.11. The second-order valence-electron chi connectivity index (χ2n) is 9.86. The Kier molecular flexibility index (Phi) is 7.91. The van der Waals surface area contributed by atoms with Gasteiger partial charge >= 0.3 is 0 Å². The van der Waals surface area contributed by atoms with E-state index < -0.39 is 0 Å². The zero-order valence-electron chi connectivity index (χ0n) is 19.8. The second-order valence-corrected chi connectivity index (χ2v) is 10.3. The van der Waals surface area contributed by atoms with E-state index in [4.69, 9.17) is 21.3 Å². The first-order valence-corrected chi connectivity index (χ1v) is 12.6. The van der Waals surface area contributed by atoms with Crippen LogP contribution in [0.2, 0.25) is 5.02 Å². The zero-order chi connectivity index (χ0) is 22.5. The van der Waals surface area contributed by atoms with Gasteiger partial charge in [-0.1, -0.05) is 49.6 Å². The van der Waals surface area contributed by atoms with Gasteiger partial charge < -0.3 is 9.64 Å². The lowest BCUT2D eigenvalue weighted by Crippen LogP contribution is -2.30. The Morgan fingerprint density at radius 1 is 1.06 bits per heavy atom. The molecule has 172 valence electrons. The quantitative estimate of drug-likeness (QED) is 0.436. The maximum absolute atomic E-state index is 6.11. The molecule has 2 heterocycles. The van der Waals surface area contributed by atoms with Crippen molar-refractivity contribution in [1.29, 1.82) is 0 Å². The van der Waals surface area contributed by atoms with Gasteiger partial charge in [-0.15, -0.1) is 0 Å². The molecule has 2 aromatic rings. The van der Waals surface area contributed by atoms with Gasteiger partial charge in [-0.25, -0.2) is 0 Å². The molecule has 0 aromatic heterocycles. The second kappa shape index (κ2) is 10.9. The lowest BCUT2D eigenvalue weighted by Gasteiger charge is -2.30. The number of para-hydroxylation sites is 1. The lowest BCUT2D eigenvalue weighted by atomic mass is 9.80. The average Bonchev–Trinajstić information content (AvgIpc) is 2.92. The fourth-order valence-corrected chi connectivity index (χ4v) is 5.43. The first-order valence-electron chi connectivity index (χ1n) is 12.2. The number of ether oxygens (including phenoxy) is 1. The maximum Gasteiger partial charge on any atom is 0.126 e. The van der Waals surface area contributed by atoms with Crippen LogP contribution in [0.15, 0.2) is 47.5 Å². The Bertz CT molecular complexity index is 916. The predicted molar refractivity (Wildman–Crippen MR) is 136 cm³/mol. The summed E-state index contributed by atoms with van der Waals surface area (Å²) < 4.78 is 6.11. The molecule has 0 saturated carbocycles. The molecule has 1 fully saturated rings. The van der Waals surface area contributed by atoms with Gasteiger partial charge in [0.25, 0.3) is 0 Å². The summed E-state index contributed by atoms with van der Waals surface area (Å²) in [7, 11) is 2.25. The minimum atomic E-state index is 0.513. The fraction of sp³-hybridized carbons (Fsp3) is 0.536.